The number of benzene rings is 3. The molecule has 0 aliphatic rings. The number of carbonyl (C=O) groups excluding carboxylic acids is 1. The average molecular weight is 409 g/mol. The van der Waals surface area contributed by atoms with Gasteiger partial charge in [0, 0.05) is 53.1 Å². The Kier molecular flexibility index (Phi) is 4.59. The molecule has 1 amide bonds. The normalized spacial score (nSPS) is 11.4. The molecule has 0 spiro atoms. The summed E-state index contributed by atoms with van der Waals surface area (Å²) in [6, 6.07) is 20.7. The van der Waals surface area contributed by atoms with Gasteiger partial charge >= 0.3 is 0 Å². The number of amides is 1. The van der Waals surface area contributed by atoms with Crippen molar-refractivity contribution in [2.75, 3.05) is 7.05 Å². The first-order chi connectivity index (χ1) is 15.2. The maximum atomic E-state index is 12.1. The van der Waals surface area contributed by atoms with E-state index in [0.29, 0.717) is 12.1 Å². The second kappa shape index (κ2) is 7.43. The molecule has 0 radical (unpaired) electrons. The van der Waals surface area contributed by atoms with Crippen molar-refractivity contribution in [2.45, 2.75) is 20.0 Å². The first-order valence-electron chi connectivity index (χ1n) is 10.5. The van der Waals surface area contributed by atoms with Gasteiger partial charge in [0.15, 0.2) is 0 Å². The lowest BCUT2D eigenvalue weighted by Crippen LogP contribution is -2.17. The van der Waals surface area contributed by atoms with E-state index in [1.165, 1.54) is 21.8 Å². The molecule has 5 nitrogen and oxygen atoms in total. The highest BCUT2D eigenvalue weighted by atomic mass is 16.1. The fraction of sp³-hybridized carbons (Fsp3) is 0.154. The quantitative estimate of drug-likeness (QED) is 0.397. The number of fused-ring (bicyclic) bond motifs is 4. The summed E-state index contributed by atoms with van der Waals surface area (Å²) in [7, 11) is 1.64. The Morgan fingerprint density at radius 1 is 1.00 bits per heavy atom. The Hall–Kier alpha value is -3.86. The lowest BCUT2D eigenvalue weighted by atomic mass is 10.1. The van der Waals surface area contributed by atoms with Crippen LogP contribution < -0.4 is 5.32 Å². The Labute approximate surface area is 180 Å². The van der Waals surface area contributed by atoms with Gasteiger partial charge in [0.25, 0.3) is 5.91 Å². The number of rotatable bonds is 5. The number of imidazole rings is 1. The Morgan fingerprint density at radius 3 is 2.55 bits per heavy atom. The van der Waals surface area contributed by atoms with Crippen molar-refractivity contribution in [1.82, 2.24) is 19.4 Å². The van der Waals surface area contributed by atoms with Crippen molar-refractivity contribution < 1.29 is 4.79 Å². The van der Waals surface area contributed by atoms with Crippen LogP contribution in [0.2, 0.25) is 0 Å². The third-order valence-electron chi connectivity index (χ3n) is 5.90. The number of para-hydroxylation sites is 1. The largest absolute Gasteiger partial charge is 0.355 e. The lowest BCUT2D eigenvalue weighted by Gasteiger charge is -2.08. The molecule has 0 saturated heterocycles. The minimum Gasteiger partial charge on any atom is -0.355 e. The zero-order valence-corrected chi connectivity index (χ0v) is 17.7. The summed E-state index contributed by atoms with van der Waals surface area (Å²) in [5.41, 5.74) is 5.90. The molecule has 1 N–H and O–H groups in total. The van der Waals surface area contributed by atoms with Gasteiger partial charge in [-0.3, -0.25) is 4.79 Å². The minimum absolute atomic E-state index is 0.115. The number of aromatic nitrogens is 3. The molecular weight excluding hydrogens is 384 g/mol. The molecular formula is C26H24N4O. The minimum atomic E-state index is -0.115. The van der Waals surface area contributed by atoms with Crippen molar-refractivity contribution >= 4 is 38.7 Å². The van der Waals surface area contributed by atoms with Crippen LogP contribution in [-0.2, 0) is 13.1 Å². The third kappa shape index (κ3) is 2.93. The highest BCUT2D eigenvalue weighted by Gasteiger charge is 2.16. The van der Waals surface area contributed by atoms with Gasteiger partial charge < -0.3 is 14.5 Å². The SMILES string of the molecule is C=CCn1c(-c2ccc3c(c2)c2ccccc2n3CC)nc2cc(C(=O)NC)ccc21. The molecule has 2 aromatic heterocycles. The predicted molar refractivity (Wildman–Crippen MR) is 127 cm³/mol. The van der Waals surface area contributed by atoms with Gasteiger partial charge in [-0.15, -0.1) is 6.58 Å². The number of hydrogen-bond donors (Lipinski definition) is 1. The van der Waals surface area contributed by atoms with E-state index in [0.717, 1.165) is 29.0 Å². The third-order valence-corrected chi connectivity index (χ3v) is 5.90. The molecule has 0 bridgehead atoms. The molecule has 0 atom stereocenters. The molecule has 5 heteroatoms. The van der Waals surface area contributed by atoms with Crippen LogP contribution >= 0.6 is 0 Å². The van der Waals surface area contributed by atoms with Crippen molar-refractivity contribution in [3.63, 3.8) is 0 Å². The molecule has 2 heterocycles. The van der Waals surface area contributed by atoms with E-state index >= 15 is 0 Å². The Balaban J connectivity index is 1.76. The van der Waals surface area contributed by atoms with Crippen molar-refractivity contribution in [2.24, 2.45) is 0 Å². The molecule has 5 aromatic rings. The highest BCUT2D eigenvalue weighted by molar-refractivity contribution is 6.09. The topological polar surface area (TPSA) is 51.9 Å². The smallest absolute Gasteiger partial charge is 0.251 e. The summed E-state index contributed by atoms with van der Waals surface area (Å²) >= 11 is 0. The van der Waals surface area contributed by atoms with E-state index < -0.39 is 0 Å². The monoisotopic (exact) mass is 408 g/mol. The van der Waals surface area contributed by atoms with E-state index in [1.807, 2.05) is 24.3 Å². The number of carbonyl (C=O) groups is 1. The lowest BCUT2D eigenvalue weighted by molar-refractivity contribution is 0.0963. The van der Waals surface area contributed by atoms with Gasteiger partial charge in [0.2, 0.25) is 0 Å². The number of allylic oxidation sites excluding steroid dienone is 1. The van der Waals surface area contributed by atoms with Gasteiger partial charge in [-0.1, -0.05) is 24.3 Å². The molecule has 0 fully saturated rings. The zero-order valence-electron chi connectivity index (χ0n) is 17.7. The van der Waals surface area contributed by atoms with E-state index in [9.17, 15) is 4.79 Å². The summed E-state index contributed by atoms with van der Waals surface area (Å²) < 4.78 is 4.49. The van der Waals surface area contributed by atoms with Gasteiger partial charge in [-0.2, -0.15) is 0 Å². The second-order valence-corrected chi connectivity index (χ2v) is 7.61. The van der Waals surface area contributed by atoms with Gasteiger partial charge in [0.05, 0.1) is 11.0 Å². The van der Waals surface area contributed by atoms with Crippen LogP contribution in [0.25, 0.3) is 44.2 Å². The molecule has 3 aromatic carbocycles. The second-order valence-electron chi connectivity index (χ2n) is 7.61. The van der Waals surface area contributed by atoms with Gasteiger partial charge in [-0.05, 0) is 49.4 Å². The van der Waals surface area contributed by atoms with Crippen LogP contribution in [0.1, 0.15) is 17.3 Å². The zero-order chi connectivity index (χ0) is 21.5. The number of nitrogens with one attached hydrogen (secondary N) is 1. The summed E-state index contributed by atoms with van der Waals surface area (Å²) in [6.45, 7) is 7.66. The van der Waals surface area contributed by atoms with Crippen LogP contribution in [0.15, 0.2) is 73.3 Å². The van der Waals surface area contributed by atoms with Gasteiger partial charge in [-0.25, -0.2) is 4.98 Å². The van der Waals surface area contributed by atoms with E-state index in [2.05, 4.69) is 70.4 Å². The Morgan fingerprint density at radius 2 is 1.77 bits per heavy atom. The number of hydrogen-bond acceptors (Lipinski definition) is 2. The van der Waals surface area contributed by atoms with Crippen LogP contribution in [-0.4, -0.2) is 27.1 Å². The average Bonchev–Trinajstić information content (AvgIpc) is 3.33. The summed E-state index contributed by atoms with van der Waals surface area (Å²) in [4.78, 5) is 17.0. The maximum Gasteiger partial charge on any atom is 0.251 e. The van der Waals surface area contributed by atoms with Crippen molar-refractivity contribution in [3.8, 4) is 11.4 Å². The predicted octanol–water partition coefficient (Wildman–Crippen LogP) is 5.38. The standard InChI is InChI=1S/C26H24N4O/c1-4-14-30-24-13-11-18(26(31)27-3)16-21(24)28-25(30)17-10-12-23-20(15-17)19-8-6-7-9-22(19)29(23)5-2/h4,6-13,15-16H,1,5,14H2,2-3H3,(H,27,31). The van der Waals surface area contributed by atoms with Crippen LogP contribution in [0.3, 0.4) is 0 Å². The first-order valence-corrected chi connectivity index (χ1v) is 10.5. The summed E-state index contributed by atoms with van der Waals surface area (Å²) in [5, 5.41) is 5.14. The Bertz CT molecular complexity index is 1470. The fourth-order valence-electron chi connectivity index (χ4n) is 4.48. The highest BCUT2D eigenvalue weighted by Crippen LogP contribution is 2.33. The molecule has 0 unspecified atom stereocenters. The molecule has 154 valence electrons. The molecule has 31 heavy (non-hydrogen) atoms. The van der Waals surface area contributed by atoms with Crippen LogP contribution in [0.4, 0.5) is 0 Å². The van der Waals surface area contributed by atoms with Crippen molar-refractivity contribution in [1.29, 1.82) is 0 Å². The molecule has 5 rings (SSSR count). The number of aryl methyl sites for hydroxylation is 1. The van der Waals surface area contributed by atoms with E-state index in [1.54, 1.807) is 7.05 Å². The van der Waals surface area contributed by atoms with Crippen molar-refractivity contribution in [3.05, 3.63) is 78.9 Å². The first kappa shape index (κ1) is 19.1. The molecule has 0 saturated carbocycles. The maximum absolute atomic E-state index is 12.1. The summed E-state index contributed by atoms with van der Waals surface area (Å²) in [6.07, 6.45) is 1.87. The molecule has 0 aliphatic carbocycles. The summed E-state index contributed by atoms with van der Waals surface area (Å²) in [5.74, 6) is 0.759. The van der Waals surface area contributed by atoms with Gasteiger partial charge in [0.1, 0.15) is 5.82 Å². The molecule has 0 aliphatic heterocycles. The van der Waals surface area contributed by atoms with E-state index in [4.69, 9.17) is 4.98 Å². The van der Waals surface area contributed by atoms with Crippen LogP contribution in [0.5, 0.6) is 0 Å². The number of nitrogens with zero attached hydrogens (tertiary/aromatic N) is 3. The fourth-order valence-corrected chi connectivity index (χ4v) is 4.48. The van der Waals surface area contributed by atoms with Crippen LogP contribution in [0, 0.1) is 0 Å². The van der Waals surface area contributed by atoms with E-state index in [-0.39, 0.29) is 5.91 Å².